The maximum atomic E-state index is 11.3. The molecular formula is C9H19N3O2. The van der Waals surface area contributed by atoms with Gasteiger partial charge in [0.2, 0.25) is 11.8 Å². The minimum Gasteiger partial charge on any atom is -0.369 e. The van der Waals surface area contributed by atoms with E-state index in [9.17, 15) is 9.59 Å². The van der Waals surface area contributed by atoms with Gasteiger partial charge in [-0.3, -0.25) is 9.59 Å². The number of carbonyl (C=O) groups is 2. The summed E-state index contributed by atoms with van der Waals surface area (Å²) in [7, 11) is 0. The Labute approximate surface area is 84.2 Å². The van der Waals surface area contributed by atoms with E-state index in [1.165, 1.54) is 0 Å². The van der Waals surface area contributed by atoms with Gasteiger partial charge in [0.1, 0.15) is 0 Å². The van der Waals surface area contributed by atoms with Crippen molar-refractivity contribution >= 4 is 11.8 Å². The molecule has 0 aromatic heterocycles. The standard InChI is InChI=1S/C9H19N3O2/c1-8(2,6(10)13)5-12-7(14)9(3,4)11/h5,11H2,1-4H3,(H2,10,13)(H,12,14). The minimum atomic E-state index is -0.937. The van der Waals surface area contributed by atoms with Gasteiger partial charge in [0, 0.05) is 6.54 Å². The summed E-state index contributed by atoms with van der Waals surface area (Å²) >= 11 is 0. The second kappa shape index (κ2) is 3.96. The average molecular weight is 201 g/mol. The van der Waals surface area contributed by atoms with E-state index in [4.69, 9.17) is 11.5 Å². The molecule has 0 rings (SSSR count). The number of hydrogen-bond acceptors (Lipinski definition) is 3. The van der Waals surface area contributed by atoms with Crippen LogP contribution in [-0.2, 0) is 9.59 Å². The summed E-state index contributed by atoms with van der Waals surface area (Å²) < 4.78 is 0. The monoisotopic (exact) mass is 201 g/mol. The van der Waals surface area contributed by atoms with Crippen LogP contribution in [0.3, 0.4) is 0 Å². The van der Waals surface area contributed by atoms with Crippen molar-refractivity contribution < 1.29 is 9.59 Å². The third-order valence-electron chi connectivity index (χ3n) is 1.94. The molecule has 0 saturated heterocycles. The largest absolute Gasteiger partial charge is 0.369 e. The molecule has 0 fully saturated rings. The van der Waals surface area contributed by atoms with E-state index in [1.807, 2.05) is 0 Å². The van der Waals surface area contributed by atoms with Crippen molar-refractivity contribution in [1.29, 1.82) is 0 Å². The molecule has 0 aromatic carbocycles. The molecule has 0 unspecified atom stereocenters. The van der Waals surface area contributed by atoms with Crippen LogP contribution in [0.15, 0.2) is 0 Å². The van der Waals surface area contributed by atoms with Crippen LogP contribution < -0.4 is 16.8 Å². The van der Waals surface area contributed by atoms with Crippen LogP contribution in [0.2, 0.25) is 0 Å². The number of rotatable bonds is 4. The lowest BCUT2D eigenvalue weighted by atomic mass is 9.92. The Morgan fingerprint density at radius 3 is 1.93 bits per heavy atom. The summed E-state index contributed by atoms with van der Waals surface area (Å²) in [6.45, 7) is 6.72. The Balaban J connectivity index is 4.21. The highest BCUT2D eigenvalue weighted by molar-refractivity contribution is 5.86. The highest BCUT2D eigenvalue weighted by atomic mass is 16.2. The summed E-state index contributed by atoms with van der Waals surface area (Å²) in [6.07, 6.45) is 0. The van der Waals surface area contributed by atoms with Crippen molar-refractivity contribution in [1.82, 2.24) is 5.32 Å². The first kappa shape index (κ1) is 12.9. The van der Waals surface area contributed by atoms with Gasteiger partial charge in [-0.25, -0.2) is 0 Å². The van der Waals surface area contributed by atoms with E-state index in [2.05, 4.69) is 5.32 Å². The van der Waals surface area contributed by atoms with Crippen molar-refractivity contribution in [3.8, 4) is 0 Å². The Morgan fingerprint density at radius 2 is 1.64 bits per heavy atom. The van der Waals surface area contributed by atoms with Crippen molar-refractivity contribution in [2.75, 3.05) is 6.54 Å². The van der Waals surface area contributed by atoms with Gasteiger partial charge < -0.3 is 16.8 Å². The molecule has 82 valence electrons. The van der Waals surface area contributed by atoms with Crippen molar-refractivity contribution in [3.05, 3.63) is 0 Å². The number of nitrogens with two attached hydrogens (primary N) is 2. The Hall–Kier alpha value is -1.10. The fraction of sp³-hybridized carbons (Fsp3) is 0.778. The van der Waals surface area contributed by atoms with Crippen molar-refractivity contribution in [3.63, 3.8) is 0 Å². The predicted molar refractivity (Wildman–Crippen MR) is 54.3 cm³/mol. The highest BCUT2D eigenvalue weighted by Crippen LogP contribution is 2.12. The van der Waals surface area contributed by atoms with Crippen LogP contribution in [0.5, 0.6) is 0 Å². The fourth-order valence-electron chi connectivity index (χ4n) is 0.616. The lowest BCUT2D eigenvalue weighted by Crippen LogP contribution is -2.52. The molecule has 5 N–H and O–H groups in total. The smallest absolute Gasteiger partial charge is 0.239 e. The third kappa shape index (κ3) is 3.74. The first-order valence-corrected chi connectivity index (χ1v) is 4.44. The molecule has 0 bridgehead atoms. The van der Waals surface area contributed by atoms with Gasteiger partial charge in [-0.15, -0.1) is 0 Å². The van der Waals surface area contributed by atoms with Crippen LogP contribution in [0.4, 0.5) is 0 Å². The number of primary amides is 1. The fourth-order valence-corrected chi connectivity index (χ4v) is 0.616. The van der Waals surface area contributed by atoms with Gasteiger partial charge in [0.05, 0.1) is 11.0 Å². The molecule has 0 aromatic rings. The number of nitrogens with one attached hydrogen (secondary N) is 1. The van der Waals surface area contributed by atoms with E-state index >= 15 is 0 Å². The summed E-state index contributed by atoms with van der Waals surface area (Å²) in [5, 5.41) is 2.58. The molecule has 5 heteroatoms. The van der Waals surface area contributed by atoms with Gasteiger partial charge in [-0.05, 0) is 27.7 Å². The first-order chi connectivity index (χ1) is 6.07. The molecule has 2 amide bonds. The summed E-state index contributed by atoms with van der Waals surface area (Å²) in [4.78, 5) is 22.3. The van der Waals surface area contributed by atoms with Crippen LogP contribution >= 0.6 is 0 Å². The number of hydrogen-bond donors (Lipinski definition) is 3. The zero-order valence-electron chi connectivity index (χ0n) is 9.18. The van der Waals surface area contributed by atoms with E-state index in [0.29, 0.717) is 0 Å². The van der Waals surface area contributed by atoms with Crippen LogP contribution in [0.25, 0.3) is 0 Å². The average Bonchev–Trinajstić information content (AvgIpc) is 1.98. The zero-order valence-corrected chi connectivity index (χ0v) is 9.18. The molecule has 0 spiro atoms. The highest BCUT2D eigenvalue weighted by Gasteiger charge is 2.28. The SMILES string of the molecule is CC(C)(N)C(=O)NCC(C)(C)C(N)=O. The molecule has 0 aliphatic carbocycles. The lowest BCUT2D eigenvalue weighted by Gasteiger charge is -2.24. The molecule has 0 radical (unpaired) electrons. The Morgan fingerprint density at radius 1 is 1.21 bits per heavy atom. The Kier molecular flexibility index (Phi) is 3.65. The minimum absolute atomic E-state index is 0.196. The van der Waals surface area contributed by atoms with Gasteiger partial charge in [0.15, 0.2) is 0 Å². The molecule has 0 aliphatic heterocycles. The summed E-state index contributed by atoms with van der Waals surface area (Å²) in [5.74, 6) is -0.751. The topological polar surface area (TPSA) is 98.2 Å². The molecule has 0 heterocycles. The van der Waals surface area contributed by atoms with E-state index in [-0.39, 0.29) is 12.5 Å². The van der Waals surface area contributed by atoms with Crippen molar-refractivity contribution in [2.24, 2.45) is 16.9 Å². The van der Waals surface area contributed by atoms with Crippen LogP contribution in [0, 0.1) is 5.41 Å². The normalized spacial score (nSPS) is 12.4. The molecule has 0 atom stereocenters. The van der Waals surface area contributed by atoms with Gasteiger partial charge in [0.25, 0.3) is 0 Å². The molecule has 0 aliphatic rings. The lowest BCUT2D eigenvalue weighted by molar-refractivity contribution is -0.128. The second-order valence-corrected chi connectivity index (χ2v) is 4.65. The van der Waals surface area contributed by atoms with E-state index in [1.54, 1.807) is 27.7 Å². The second-order valence-electron chi connectivity index (χ2n) is 4.65. The summed E-state index contributed by atoms with van der Waals surface area (Å²) in [6, 6.07) is 0. The summed E-state index contributed by atoms with van der Waals surface area (Å²) in [5.41, 5.74) is 9.01. The van der Waals surface area contributed by atoms with Gasteiger partial charge >= 0.3 is 0 Å². The van der Waals surface area contributed by atoms with E-state index < -0.39 is 16.9 Å². The zero-order chi connectivity index (χ0) is 11.6. The first-order valence-electron chi connectivity index (χ1n) is 4.44. The number of carbonyl (C=O) groups excluding carboxylic acids is 2. The van der Waals surface area contributed by atoms with Crippen LogP contribution in [0.1, 0.15) is 27.7 Å². The van der Waals surface area contributed by atoms with Gasteiger partial charge in [-0.1, -0.05) is 0 Å². The maximum absolute atomic E-state index is 11.3. The molecular weight excluding hydrogens is 182 g/mol. The number of amides is 2. The third-order valence-corrected chi connectivity index (χ3v) is 1.94. The molecule has 14 heavy (non-hydrogen) atoms. The van der Waals surface area contributed by atoms with E-state index in [0.717, 1.165) is 0 Å². The molecule has 0 saturated carbocycles. The van der Waals surface area contributed by atoms with Crippen LogP contribution in [-0.4, -0.2) is 23.9 Å². The quantitative estimate of drug-likeness (QED) is 0.563. The predicted octanol–water partition coefficient (Wildman–Crippen LogP) is -0.649. The Bertz CT molecular complexity index is 241. The maximum Gasteiger partial charge on any atom is 0.239 e. The molecule has 5 nitrogen and oxygen atoms in total. The van der Waals surface area contributed by atoms with Crippen molar-refractivity contribution in [2.45, 2.75) is 33.2 Å². The van der Waals surface area contributed by atoms with Gasteiger partial charge in [-0.2, -0.15) is 0 Å².